The Kier molecular flexibility index (Phi) is 7.94. The van der Waals surface area contributed by atoms with Gasteiger partial charge in [-0.1, -0.05) is 84.9 Å². The molecular formula is C25H25N3O3. The van der Waals surface area contributed by atoms with E-state index in [1.165, 1.54) is 0 Å². The van der Waals surface area contributed by atoms with E-state index in [0.717, 1.165) is 16.7 Å². The minimum Gasteiger partial charge on any atom is -0.352 e. The number of amides is 3. The summed E-state index contributed by atoms with van der Waals surface area (Å²) < 4.78 is 0. The Morgan fingerprint density at radius 1 is 0.710 bits per heavy atom. The summed E-state index contributed by atoms with van der Waals surface area (Å²) in [4.78, 5) is 35.5. The molecule has 31 heavy (non-hydrogen) atoms. The maximum atomic E-state index is 12.5. The largest absolute Gasteiger partial charge is 0.352 e. The highest BCUT2D eigenvalue weighted by molar-refractivity contribution is 5.85. The lowest BCUT2D eigenvalue weighted by Gasteiger charge is -2.16. The van der Waals surface area contributed by atoms with Crippen LogP contribution in [0.4, 0.5) is 0 Å². The van der Waals surface area contributed by atoms with E-state index in [1.807, 2.05) is 72.8 Å². The normalized spacial score (nSPS) is 11.2. The number of carbonyl (C=O) groups excluding carboxylic acids is 3. The van der Waals surface area contributed by atoms with E-state index in [-0.39, 0.29) is 11.8 Å². The molecule has 3 amide bonds. The summed E-state index contributed by atoms with van der Waals surface area (Å²) in [7, 11) is 0. The first kappa shape index (κ1) is 21.8. The third-order valence-corrected chi connectivity index (χ3v) is 4.82. The molecule has 1 atom stereocenters. The molecule has 0 spiro atoms. The Balaban J connectivity index is 1.48. The molecule has 0 fully saturated rings. The van der Waals surface area contributed by atoms with Gasteiger partial charge < -0.3 is 16.0 Å². The lowest BCUT2D eigenvalue weighted by molar-refractivity contribution is -0.125. The zero-order valence-corrected chi connectivity index (χ0v) is 17.1. The standard InChI is InChI=1S/C25H25N3O3/c29-18-28-24(22-9-5-2-6-10-22)25(31)27-17-21-13-11-20(12-14-21)16-26-23(30)15-19-7-3-1-4-8-19/h1-14,18,24H,15-17H2,(H,26,30)(H,27,31)(H,28,29). The van der Waals surface area contributed by atoms with Crippen molar-refractivity contribution >= 4 is 18.2 Å². The van der Waals surface area contributed by atoms with Gasteiger partial charge in [-0.15, -0.1) is 0 Å². The summed E-state index contributed by atoms with van der Waals surface area (Å²) >= 11 is 0. The van der Waals surface area contributed by atoms with Crippen molar-refractivity contribution in [3.05, 3.63) is 107 Å². The summed E-state index contributed by atoms with van der Waals surface area (Å²) in [6, 6.07) is 25.6. The van der Waals surface area contributed by atoms with Gasteiger partial charge in [-0.2, -0.15) is 0 Å². The van der Waals surface area contributed by atoms with Crippen LogP contribution in [0, 0.1) is 0 Å². The second-order valence-electron chi connectivity index (χ2n) is 7.10. The van der Waals surface area contributed by atoms with Crippen LogP contribution in [-0.4, -0.2) is 18.2 Å². The first-order valence-corrected chi connectivity index (χ1v) is 10.1. The van der Waals surface area contributed by atoms with Crippen LogP contribution >= 0.6 is 0 Å². The van der Waals surface area contributed by atoms with Crippen LogP contribution in [0.25, 0.3) is 0 Å². The molecule has 1 unspecified atom stereocenters. The highest BCUT2D eigenvalue weighted by Gasteiger charge is 2.19. The van der Waals surface area contributed by atoms with E-state index in [4.69, 9.17) is 0 Å². The van der Waals surface area contributed by atoms with Gasteiger partial charge in [0.1, 0.15) is 6.04 Å². The molecule has 3 aromatic rings. The summed E-state index contributed by atoms with van der Waals surface area (Å²) in [5.41, 5.74) is 3.59. The maximum Gasteiger partial charge on any atom is 0.247 e. The van der Waals surface area contributed by atoms with Crippen molar-refractivity contribution in [1.29, 1.82) is 0 Å². The van der Waals surface area contributed by atoms with Gasteiger partial charge in [0.05, 0.1) is 6.42 Å². The Hall–Kier alpha value is -3.93. The summed E-state index contributed by atoms with van der Waals surface area (Å²) in [5.74, 6) is -0.312. The lowest BCUT2D eigenvalue weighted by Crippen LogP contribution is -2.36. The van der Waals surface area contributed by atoms with Crippen molar-refractivity contribution in [1.82, 2.24) is 16.0 Å². The SMILES string of the molecule is O=CNC(C(=O)NCc1ccc(CNC(=O)Cc2ccccc2)cc1)c1ccccc1. The smallest absolute Gasteiger partial charge is 0.247 e. The van der Waals surface area contributed by atoms with Gasteiger partial charge in [-0.3, -0.25) is 14.4 Å². The van der Waals surface area contributed by atoms with E-state index in [1.54, 1.807) is 12.1 Å². The molecule has 0 radical (unpaired) electrons. The molecule has 6 nitrogen and oxygen atoms in total. The highest BCUT2D eigenvalue weighted by Crippen LogP contribution is 2.12. The molecule has 3 aromatic carbocycles. The summed E-state index contributed by atoms with van der Waals surface area (Å²) in [6.07, 6.45) is 0.875. The third kappa shape index (κ3) is 6.82. The predicted octanol–water partition coefficient (Wildman–Crippen LogP) is 2.65. The van der Waals surface area contributed by atoms with Gasteiger partial charge in [0.2, 0.25) is 18.2 Å². The number of hydrogen-bond donors (Lipinski definition) is 3. The monoisotopic (exact) mass is 415 g/mol. The zero-order valence-electron chi connectivity index (χ0n) is 17.1. The van der Waals surface area contributed by atoms with Crippen LogP contribution in [0.2, 0.25) is 0 Å². The minimum absolute atomic E-state index is 0.0304. The molecule has 0 aliphatic heterocycles. The average molecular weight is 415 g/mol. The molecule has 3 N–H and O–H groups in total. The maximum absolute atomic E-state index is 12.5. The fourth-order valence-corrected chi connectivity index (χ4v) is 3.15. The molecule has 0 saturated heterocycles. The Bertz CT molecular complexity index is 990. The van der Waals surface area contributed by atoms with E-state index in [9.17, 15) is 14.4 Å². The van der Waals surface area contributed by atoms with Crippen molar-refractivity contribution in [2.24, 2.45) is 0 Å². The molecule has 0 bridgehead atoms. The van der Waals surface area contributed by atoms with E-state index in [2.05, 4.69) is 16.0 Å². The van der Waals surface area contributed by atoms with Crippen LogP contribution in [0.3, 0.4) is 0 Å². The Morgan fingerprint density at radius 3 is 1.84 bits per heavy atom. The zero-order chi connectivity index (χ0) is 21.9. The Labute approximate surface area is 181 Å². The number of benzene rings is 3. The first-order valence-electron chi connectivity index (χ1n) is 10.1. The molecule has 0 saturated carbocycles. The highest BCUT2D eigenvalue weighted by atomic mass is 16.2. The molecular weight excluding hydrogens is 390 g/mol. The Morgan fingerprint density at radius 2 is 1.26 bits per heavy atom. The molecule has 158 valence electrons. The second-order valence-corrected chi connectivity index (χ2v) is 7.10. The molecule has 0 heterocycles. The van der Waals surface area contributed by atoms with Crippen LogP contribution in [0.1, 0.15) is 28.3 Å². The fourth-order valence-electron chi connectivity index (χ4n) is 3.15. The van der Waals surface area contributed by atoms with Gasteiger partial charge in [0.25, 0.3) is 0 Å². The van der Waals surface area contributed by atoms with Crippen LogP contribution in [-0.2, 0) is 33.9 Å². The number of carbonyl (C=O) groups is 3. The van der Waals surface area contributed by atoms with Crippen molar-refractivity contribution in [2.75, 3.05) is 0 Å². The summed E-state index contributed by atoms with van der Waals surface area (Å²) in [6.45, 7) is 0.779. The lowest BCUT2D eigenvalue weighted by atomic mass is 10.1. The number of nitrogens with one attached hydrogen (secondary N) is 3. The summed E-state index contributed by atoms with van der Waals surface area (Å²) in [5, 5.41) is 8.32. The number of rotatable bonds is 10. The molecule has 0 aliphatic carbocycles. The topological polar surface area (TPSA) is 87.3 Å². The van der Waals surface area contributed by atoms with Crippen molar-refractivity contribution < 1.29 is 14.4 Å². The van der Waals surface area contributed by atoms with Gasteiger partial charge in [0.15, 0.2) is 0 Å². The van der Waals surface area contributed by atoms with Crippen LogP contribution in [0.5, 0.6) is 0 Å². The van der Waals surface area contributed by atoms with E-state index < -0.39 is 6.04 Å². The van der Waals surface area contributed by atoms with Crippen molar-refractivity contribution in [3.8, 4) is 0 Å². The van der Waals surface area contributed by atoms with Gasteiger partial charge in [0, 0.05) is 13.1 Å². The average Bonchev–Trinajstić information content (AvgIpc) is 2.81. The van der Waals surface area contributed by atoms with Gasteiger partial charge in [-0.05, 0) is 22.3 Å². The van der Waals surface area contributed by atoms with Crippen molar-refractivity contribution in [2.45, 2.75) is 25.6 Å². The van der Waals surface area contributed by atoms with Crippen LogP contribution < -0.4 is 16.0 Å². The second kappa shape index (κ2) is 11.3. The molecule has 6 heteroatoms. The molecule has 0 aromatic heterocycles. The van der Waals surface area contributed by atoms with Gasteiger partial charge in [-0.25, -0.2) is 0 Å². The fraction of sp³-hybridized carbons (Fsp3) is 0.160. The molecule has 0 aliphatic rings. The van der Waals surface area contributed by atoms with Crippen LogP contribution in [0.15, 0.2) is 84.9 Å². The predicted molar refractivity (Wildman–Crippen MR) is 119 cm³/mol. The van der Waals surface area contributed by atoms with Crippen molar-refractivity contribution in [3.63, 3.8) is 0 Å². The quantitative estimate of drug-likeness (QED) is 0.445. The van der Waals surface area contributed by atoms with Gasteiger partial charge >= 0.3 is 0 Å². The number of hydrogen-bond acceptors (Lipinski definition) is 3. The third-order valence-electron chi connectivity index (χ3n) is 4.82. The minimum atomic E-state index is -0.738. The van der Waals surface area contributed by atoms with E-state index in [0.29, 0.717) is 31.5 Å². The van der Waals surface area contributed by atoms with E-state index >= 15 is 0 Å². The first-order chi connectivity index (χ1) is 15.2. The molecule has 3 rings (SSSR count).